The third kappa shape index (κ3) is 3.54. The van der Waals surface area contributed by atoms with Gasteiger partial charge in [-0.15, -0.1) is 0 Å². The van der Waals surface area contributed by atoms with E-state index in [0.29, 0.717) is 36.8 Å². The molecule has 25 heavy (non-hydrogen) atoms. The molecule has 1 aliphatic rings. The number of rotatable bonds is 5. The summed E-state index contributed by atoms with van der Waals surface area (Å²) in [7, 11) is 0. The molecule has 2 aromatic rings. The molecule has 0 spiro atoms. The lowest BCUT2D eigenvalue weighted by atomic mass is 10.1. The number of nitrogens with one attached hydrogen (secondary N) is 1. The van der Waals surface area contributed by atoms with Crippen LogP contribution in [-0.2, 0) is 22.7 Å². The van der Waals surface area contributed by atoms with Crippen LogP contribution in [0.3, 0.4) is 0 Å². The van der Waals surface area contributed by atoms with E-state index in [2.05, 4.69) is 10.4 Å². The number of amides is 2. The number of carbonyl (C=O) groups is 2. The van der Waals surface area contributed by atoms with Crippen LogP contribution in [0, 0.1) is 6.92 Å². The Hall–Kier alpha value is -2.34. The second kappa shape index (κ2) is 7.27. The minimum Gasteiger partial charge on any atom is -0.350 e. The van der Waals surface area contributed by atoms with Crippen molar-refractivity contribution in [2.24, 2.45) is 0 Å². The number of benzene rings is 1. The maximum absolute atomic E-state index is 12.7. The highest BCUT2D eigenvalue weighted by atomic mass is 35.5. The molecule has 0 saturated heterocycles. The standard InChI is InChI=1S/C18H21ClN4O2/c1-3-15(18(25)20-11-13-6-4-5-7-14(13)19)23-16-10-12(2)21-22(16)9-8-17(23)24/h4-7,10,15H,3,8-9,11H2,1-2H3,(H,20,25)/t15-/m0/s1. The molecule has 3 rings (SSSR count). The highest BCUT2D eigenvalue weighted by Gasteiger charge is 2.34. The van der Waals surface area contributed by atoms with Crippen molar-refractivity contribution >= 4 is 29.2 Å². The number of nitrogens with zero attached hydrogens (tertiary/aromatic N) is 3. The molecule has 0 aliphatic carbocycles. The summed E-state index contributed by atoms with van der Waals surface area (Å²) >= 11 is 6.14. The van der Waals surface area contributed by atoms with Gasteiger partial charge in [-0.25, -0.2) is 4.68 Å². The van der Waals surface area contributed by atoms with Crippen molar-refractivity contribution in [2.75, 3.05) is 4.90 Å². The molecule has 0 radical (unpaired) electrons. The molecule has 0 saturated carbocycles. The van der Waals surface area contributed by atoms with Gasteiger partial charge in [-0.3, -0.25) is 14.5 Å². The summed E-state index contributed by atoms with van der Waals surface area (Å²) in [6.07, 6.45) is 0.868. The zero-order chi connectivity index (χ0) is 18.0. The van der Waals surface area contributed by atoms with Gasteiger partial charge in [0, 0.05) is 24.1 Å². The van der Waals surface area contributed by atoms with Crippen molar-refractivity contribution in [1.29, 1.82) is 0 Å². The van der Waals surface area contributed by atoms with Crippen LogP contribution in [-0.4, -0.2) is 27.6 Å². The van der Waals surface area contributed by atoms with Crippen molar-refractivity contribution in [3.8, 4) is 0 Å². The topological polar surface area (TPSA) is 67.2 Å². The highest BCUT2D eigenvalue weighted by Crippen LogP contribution is 2.26. The second-order valence-corrected chi connectivity index (χ2v) is 6.52. The van der Waals surface area contributed by atoms with Gasteiger partial charge in [-0.1, -0.05) is 36.7 Å². The van der Waals surface area contributed by atoms with Crippen LogP contribution in [0.4, 0.5) is 5.82 Å². The molecule has 7 heteroatoms. The summed E-state index contributed by atoms with van der Waals surface area (Å²) in [4.78, 5) is 26.8. The number of halogens is 1. The van der Waals surface area contributed by atoms with E-state index in [1.807, 2.05) is 38.1 Å². The fraction of sp³-hybridized carbons (Fsp3) is 0.389. The maximum atomic E-state index is 12.7. The average molecular weight is 361 g/mol. The lowest BCUT2D eigenvalue weighted by Gasteiger charge is -2.33. The summed E-state index contributed by atoms with van der Waals surface area (Å²) in [5, 5.41) is 7.90. The molecule has 1 aromatic carbocycles. The van der Waals surface area contributed by atoms with Crippen LogP contribution in [0.5, 0.6) is 0 Å². The number of aryl methyl sites for hydroxylation is 2. The van der Waals surface area contributed by atoms with Gasteiger partial charge in [0.05, 0.1) is 12.2 Å². The van der Waals surface area contributed by atoms with Gasteiger partial charge >= 0.3 is 0 Å². The van der Waals surface area contributed by atoms with E-state index >= 15 is 0 Å². The first kappa shape index (κ1) is 17.5. The zero-order valence-electron chi connectivity index (χ0n) is 14.3. The summed E-state index contributed by atoms with van der Waals surface area (Å²) in [6, 6.07) is 8.66. The van der Waals surface area contributed by atoms with Crippen molar-refractivity contribution < 1.29 is 9.59 Å². The van der Waals surface area contributed by atoms with E-state index in [4.69, 9.17) is 11.6 Å². The number of hydrogen-bond acceptors (Lipinski definition) is 3. The van der Waals surface area contributed by atoms with Crippen LogP contribution in [0.15, 0.2) is 30.3 Å². The SMILES string of the molecule is CC[C@@H](C(=O)NCc1ccccc1Cl)N1C(=O)CCn2nc(C)cc21. The van der Waals surface area contributed by atoms with Crippen LogP contribution >= 0.6 is 11.6 Å². The number of fused-ring (bicyclic) bond motifs is 1. The van der Waals surface area contributed by atoms with Gasteiger partial charge in [0.2, 0.25) is 11.8 Å². The second-order valence-electron chi connectivity index (χ2n) is 6.11. The Morgan fingerprint density at radius 3 is 2.88 bits per heavy atom. The van der Waals surface area contributed by atoms with Crippen LogP contribution in [0.1, 0.15) is 31.0 Å². The van der Waals surface area contributed by atoms with E-state index in [-0.39, 0.29) is 11.8 Å². The minimum atomic E-state index is -0.565. The molecule has 1 atom stereocenters. The molecule has 6 nitrogen and oxygen atoms in total. The predicted molar refractivity (Wildman–Crippen MR) is 96.4 cm³/mol. The Morgan fingerprint density at radius 2 is 2.16 bits per heavy atom. The third-order valence-electron chi connectivity index (χ3n) is 4.35. The molecule has 2 heterocycles. The van der Waals surface area contributed by atoms with Gasteiger partial charge in [0.25, 0.3) is 0 Å². The van der Waals surface area contributed by atoms with E-state index in [1.165, 1.54) is 0 Å². The zero-order valence-corrected chi connectivity index (χ0v) is 15.1. The number of carbonyl (C=O) groups excluding carboxylic acids is 2. The first-order valence-electron chi connectivity index (χ1n) is 8.39. The number of aromatic nitrogens is 2. The molecular formula is C18H21ClN4O2. The predicted octanol–water partition coefficient (Wildman–Crippen LogP) is 2.68. The molecule has 1 aliphatic heterocycles. The van der Waals surface area contributed by atoms with Crippen LogP contribution < -0.4 is 10.2 Å². The normalized spacial score (nSPS) is 15.0. The summed E-state index contributed by atoms with van der Waals surface area (Å²) in [5.41, 5.74) is 1.68. The Bertz CT molecular complexity index is 802. The largest absolute Gasteiger partial charge is 0.350 e. The lowest BCUT2D eigenvalue weighted by molar-refractivity contribution is -0.127. The van der Waals surface area contributed by atoms with Crippen LogP contribution in [0.2, 0.25) is 5.02 Å². The van der Waals surface area contributed by atoms with Gasteiger partial charge in [0.1, 0.15) is 11.9 Å². The Labute approximate surface area is 151 Å². The minimum absolute atomic E-state index is 0.0489. The third-order valence-corrected chi connectivity index (χ3v) is 4.71. The smallest absolute Gasteiger partial charge is 0.243 e. The van der Waals surface area contributed by atoms with E-state index in [9.17, 15) is 9.59 Å². The summed E-state index contributed by atoms with van der Waals surface area (Å²) in [5.74, 6) is 0.448. The van der Waals surface area contributed by atoms with E-state index < -0.39 is 6.04 Å². The van der Waals surface area contributed by atoms with Gasteiger partial charge < -0.3 is 5.32 Å². The molecular weight excluding hydrogens is 340 g/mol. The van der Waals surface area contributed by atoms with Gasteiger partial charge in [-0.2, -0.15) is 5.10 Å². The number of hydrogen-bond donors (Lipinski definition) is 1. The molecule has 0 unspecified atom stereocenters. The molecule has 0 bridgehead atoms. The fourth-order valence-corrected chi connectivity index (χ4v) is 3.30. The Kier molecular flexibility index (Phi) is 5.08. The molecule has 0 fully saturated rings. The van der Waals surface area contributed by atoms with E-state index in [0.717, 1.165) is 11.3 Å². The monoisotopic (exact) mass is 360 g/mol. The van der Waals surface area contributed by atoms with Crippen molar-refractivity contribution in [3.05, 3.63) is 46.6 Å². The molecule has 1 aromatic heterocycles. The van der Waals surface area contributed by atoms with Crippen LogP contribution in [0.25, 0.3) is 0 Å². The molecule has 132 valence electrons. The lowest BCUT2D eigenvalue weighted by Crippen LogP contribution is -2.52. The number of anilines is 1. The first-order chi connectivity index (χ1) is 12.0. The van der Waals surface area contributed by atoms with Crippen molar-refractivity contribution in [1.82, 2.24) is 15.1 Å². The summed E-state index contributed by atoms with van der Waals surface area (Å²) in [6.45, 7) is 4.66. The van der Waals surface area contributed by atoms with Gasteiger partial charge in [0.15, 0.2) is 0 Å². The van der Waals surface area contributed by atoms with Crippen molar-refractivity contribution in [2.45, 2.75) is 45.8 Å². The van der Waals surface area contributed by atoms with Gasteiger partial charge in [-0.05, 0) is 25.0 Å². The summed E-state index contributed by atoms with van der Waals surface area (Å²) < 4.78 is 1.79. The van der Waals surface area contributed by atoms with E-state index in [1.54, 1.807) is 15.6 Å². The maximum Gasteiger partial charge on any atom is 0.243 e. The Morgan fingerprint density at radius 1 is 1.40 bits per heavy atom. The Balaban J connectivity index is 1.78. The average Bonchev–Trinajstić information content (AvgIpc) is 2.97. The first-order valence-corrected chi connectivity index (χ1v) is 8.76. The molecule has 2 amide bonds. The highest BCUT2D eigenvalue weighted by molar-refractivity contribution is 6.31. The molecule has 1 N–H and O–H groups in total. The quantitative estimate of drug-likeness (QED) is 0.891. The fourth-order valence-electron chi connectivity index (χ4n) is 3.10. The van der Waals surface area contributed by atoms with Crippen molar-refractivity contribution in [3.63, 3.8) is 0 Å².